The Balaban J connectivity index is 1.18. The van der Waals surface area contributed by atoms with Crippen molar-refractivity contribution in [2.45, 2.75) is 70.2 Å². The molecule has 0 aliphatic carbocycles. The molecular weight excluding hydrogens is 432 g/mol. The van der Waals surface area contributed by atoms with E-state index in [-0.39, 0.29) is 23.1 Å². The number of aryl methyl sites for hydroxylation is 2. The van der Waals surface area contributed by atoms with Crippen molar-refractivity contribution in [1.29, 1.82) is 0 Å². The molecule has 10 nitrogen and oxygen atoms in total. The molecule has 176 valence electrons. The minimum absolute atomic E-state index is 0.101. The van der Waals surface area contributed by atoms with Crippen molar-refractivity contribution in [2.24, 2.45) is 7.05 Å². The molecule has 34 heavy (non-hydrogen) atoms. The van der Waals surface area contributed by atoms with Crippen molar-refractivity contribution in [2.75, 3.05) is 4.90 Å². The van der Waals surface area contributed by atoms with Gasteiger partial charge in [-0.15, -0.1) is 10.2 Å². The van der Waals surface area contributed by atoms with Crippen LogP contribution in [0.5, 0.6) is 5.88 Å². The van der Waals surface area contributed by atoms with Gasteiger partial charge in [-0.3, -0.25) is 14.7 Å². The summed E-state index contributed by atoms with van der Waals surface area (Å²) in [4.78, 5) is 20.8. The van der Waals surface area contributed by atoms with E-state index in [0.29, 0.717) is 29.5 Å². The molecule has 0 saturated carbocycles. The molecule has 2 saturated heterocycles. The van der Waals surface area contributed by atoms with Crippen molar-refractivity contribution < 1.29 is 9.53 Å². The van der Waals surface area contributed by atoms with E-state index in [1.807, 2.05) is 13.0 Å². The molecule has 3 aliphatic heterocycles. The van der Waals surface area contributed by atoms with Crippen molar-refractivity contribution in [3.8, 4) is 17.1 Å². The number of carbonyl (C=O) groups excluding carboxylic acids is 1. The van der Waals surface area contributed by atoms with Gasteiger partial charge in [0.25, 0.3) is 5.91 Å². The third-order valence-electron chi connectivity index (χ3n) is 7.29. The van der Waals surface area contributed by atoms with Crippen LogP contribution >= 0.6 is 0 Å². The predicted molar refractivity (Wildman–Crippen MR) is 124 cm³/mol. The number of hydrogen-bond donors (Lipinski definition) is 1. The molecule has 3 aromatic heterocycles. The van der Waals surface area contributed by atoms with Crippen LogP contribution in [0.4, 0.5) is 5.82 Å². The number of fused-ring (bicyclic) bond motifs is 3. The summed E-state index contributed by atoms with van der Waals surface area (Å²) in [6, 6.07) is 5.42. The summed E-state index contributed by atoms with van der Waals surface area (Å²) in [5.74, 6) is 0.825. The highest BCUT2D eigenvalue weighted by Crippen LogP contribution is 2.43. The Bertz CT molecular complexity index is 1270. The minimum atomic E-state index is -0.148. The molecule has 3 aromatic rings. The number of anilines is 1. The molecule has 0 spiro atoms. The molecule has 0 aromatic carbocycles. The third kappa shape index (κ3) is 3.53. The van der Waals surface area contributed by atoms with Gasteiger partial charge in [0.15, 0.2) is 5.82 Å². The fourth-order valence-electron chi connectivity index (χ4n) is 5.82. The summed E-state index contributed by atoms with van der Waals surface area (Å²) in [5, 5.41) is 21.0. The van der Waals surface area contributed by atoms with Crippen LogP contribution in [0, 0.1) is 6.92 Å². The van der Waals surface area contributed by atoms with Crippen molar-refractivity contribution in [1.82, 2.24) is 35.5 Å². The maximum Gasteiger partial charge on any atom is 0.261 e. The SMILES string of the molecule is Cc1nn(C)nc1-c1cnc2c(c1)C(=O)N(c1ccc(OC3C[C@]4(C)CC[C@](C)(C3)N4)nn1)C2. The van der Waals surface area contributed by atoms with Gasteiger partial charge in [0.2, 0.25) is 5.88 Å². The van der Waals surface area contributed by atoms with E-state index in [4.69, 9.17) is 4.74 Å². The van der Waals surface area contributed by atoms with E-state index >= 15 is 0 Å². The molecule has 2 bridgehead atoms. The first-order valence-corrected chi connectivity index (χ1v) is 11.7. The van der Waals surface area contributed by atoms with Crippen LogP contribution in [-0.2, 0) is 13.6 Å². The average molecular weight is 461 g/mol. The van der Waals surface area contributed by atoms with Gasteiger partial charge in [-0.25, -0.2) is 0 Å². The summed E-state index contributed by atoms with van der Waals surface area (Å²) in [5.41, 5.74) is 3.79. The van der Waals surface area contributed by atoms with Crippen LogP contribution in [0.15, 0.2) is 24.4 Å². The van der Waals surface area contributed by atoms with E-state index in [9.17, 15) is 4.79 Å². The molecule has 1 amide bonds. The number of hydrogen-bond acceptors (Lipinski definition) is 8. The van der Waals surface area contributed by atoms with Crippen LogP contribution in [0.1, 0.15) is 61.3 Å². The van der Waals surface area contributed by atoms with Gasteiger partial charge in [0, 0.05) is 48.8 Å². The maximum absolute atomic E-state index is 13.2. The van der Waals surface area contributed by atoms with Gasteiger partial charge in [0.05, 0.1) is 23.5 Å². The second kappa shape index (κ2) is 7.30. The lowest BCUT2D eigenvalue weighted by atomic mass is 9.86. The van der Waals surface area contributed by atoms with Crippen molar-refractivity contribution in [3.05, 3.63) is 41.3 Å². The fourth-order valence-corrected chi connectivity index (χ4v) is 5.82. The van der Waals surface area contributed by atoms with Gasteiger partial charge in [-0.1, -0.05) is 0 Å². The number of nitrogens with one attached hydrogen (secondary N) is 1. The molecule has 1 unspecified atom stereocenters. The molecule has 3 atom stereocenters. The predicted octanol–water partition coefficient (Wildman–Crippen LogP) is 2.58. The van der Waals surface area contributed by atoms with Gasteiger partial charge >= 0.3 is 0 Å². The molecule has 10 heteroatoms. The zero-order valence-electron chi connectivity index (χ0n) is 19.9. The average Bonchev–Trinajstić information content (AvgIpc) is 3.38. The van der Waals surface area contributed by atoms with Crippen LogP contribution in [0.3, 0.4) is 0 Å². The lowest BCUT2D eigenvalue weighted by Crippen LogP contribution is -2.56. The summed E-state index contributed by atoms with van der Waals surface area (Å²) in [6.07, 6.45) is 6.07. The first-order valence-electron chi connectivity index (χ1n) is 11.7. The molecule has 3 aliphatic rings. The van der Waals surface area contributed by atoms with E-state index in [0.717, 1.165) is 42.6 Å². The lowest BCUT2D eigenvalue weighted by Gasteiger charge is -2.41. The number of amides is 1. The monoisotopic (exact) mass is 460 g/mol. The first-order chi connectivity index (χ1) is 16.2. The lowest BCUT2D eigenvalue weighted by molar-refractivity contribution is 0.0753. The maximum atomic E-state index is 13.2. The smallest absolute Gasteiger partial charge is 0.261 e. The Morgan fingerprint density at radius 3 is 2.53 bits per heavy atom. The summed E-state index contributed by atoms with van der Waals surface area (Å²) >= 11 is 0. The molecule has 1 N–H and O–H groups in total. The quantitative estimate of drug-likeness (QED) is 0.632. The van der Waals surface area contributed by atoms with Gasteiger partial charge in [0.1, 0.15) is 11.8 Å². The number of carbonyl (C=O) groups is 1. The number of pyridine rings is 1. The molecular formula is C24H28N8O2. The second-order valence-electron chi connectivity index (χ2n) is 10.4. The van der Waals surface area contributed by atoms with Crippen LogP contribution < -0.4 is 15.0 Å². The zero-order chi connectivity index (χ0) is 23.7. The summed E-state index contributed by atoms with van der Waals surface area (Å²) in [7, 11) is 1.77. The number of ether oxygens (including phenoxy) is 1. The van der Waals surface area contributed by atoms with E-state index in [1.54, 1.807) is 30.3 Å². The molecule has 6 heterocycles. The topological polar surface area (TPSA) is 111 Å². The van der Waals surface area contributed by atoms with Gasteiger partial charge in [-0.05, 0) is 45.7 Å². The third-order valence-corrected chi connectivity index (χ3v) is 7.29. The fraction of sp³-hybridized carbons (Fsp3) is 0.500. The Morgan fingerprint density at radius 1 is 1.12 bits per heavy atom. The number of rotatable bonds is 4. The zero-order valence-corrected chi connectivity index (χ0v) is 19.9. The number of aromatic nitrogens is 6. The van der Waals surface area contributed by atoms with Crippen LogP contribution in [0.2, 0.25) is 0 Å². The summed E-state index contributed by atoms with van der Waals surface area (Å²) < 4.78 is 6.21. The Morgan fingerprint density at radius 2 is 1.88 bits per heavy atom. The normalized spacial score (nSPS) is 27.8. The standard InChI is InChI=1S/C24H28N8O2/c1-14-21(29-31(4)28-14)15-9-17-18(25-12-15)13-32(22(17)33)19-5-6-20(27-26-19)34-16-10-23(2)7-8-24(3,11-16)30-23/h5-6,9,12,16,30H,7-8,10-11,13H2,1-4H3/t16?,23-,24+. The Hall–Kier alpha value is -3.40. The van der Waals surface area contributed by atoms with Gasteiger partial charge < -0.3 is 10.1 Å². The molecule has 2 fully saturated rings. The number of nitrogens with zero attached hydrogens (tertiary/aromatic N) is 7. The first kappa shape index (κ1) is 21.2. The highest BCUT2D eigenvalue weighted by atomic mass is 16.5. The Kier molecular flexibility index (Phi) is 4.54. The largest absolute Gasteiger partial charge is 0.473 e. The minimum Gasteiger partial charge on any atom is -0.473 e. The second-order valence-corrected chi connectivity index (χ2v) is 10.4. The van der Waals surface area contributed by atoms with E-state index < -0.39 is 0 Å². The molecule has 6 rings (SSSR count). The van der Waals surface area contributed by atoms with Crippen LogP contribution in [0.25, 0.3) is 11.3 Å². The van der Waals surface area contributed by atoms with Crippen LogP contribution in [-0.4, -0.2) is 53.3 Å². The van der Waals surface area contributed by atoms with E-state index in [1.165, 1.54) is 4.80 Å². The van der Waals surface area contributed by atoms with Crippen molar-refractivity contribution in [3.63, 3.8) is 0 Å². The molecule has 0 radical (unpaired) electrons. The number of piperidine rings is 1. The highest BCUT2D eigenvalue weighted by molar-refractivity contribution is 6.09. The van der Waals surface area contributed by atoms with E-state index in [2.05, 4.69) is 44.5 Å². The van der Waals surface area contributed by atoms with Gasteiger partial charge in [-0.2, -0.15) is 15.0 Å². The summed E-state index contributed by atoms with van der Waals surface area (Å²) in [6.45, 7) is 6.78. The van der Waals surface area contributed by atoms with Crippen molar-refractivity contribution >= 4 is 11.7 Å². The Labute approximate surface area is 197 Å². The highest BCUT2D eigenvalue weighted by Gasteiger charge is 2.49.